The molecule has 0 unspecified atom stereocenters. The summed E-state index contributed by atoms with van der Waals surface area (Å²) in [6.45, 7) is 0. The molecule has 1 saturated carbocycles. The van der Waals surface area contributed by atoms with Crippen LogP contribution in [-0.4, -0.2) is 23.5 Å². The summed E-state index contributed by atoms with van der Waals surface area (Å²) in [6.07, 6.45) is 2.18. The maximum atomic E-state index is 12.7. The summed E-state index contributed by atoms with van der Waals surface area (Å²) >= 11 is 1.90. The molecule has 23 heavy (non-hydrogen) atoms. The minimum absolute atomic E-state index is 0.0905. The van der Waals surface area contributed by atoms with Gasteiger partial charge >= 0.3 is 0 Å². The van der Waals surface area contributed by atoms with Crippen LogP contribution >= 0.6 is 11.8 Å². The van der Waals surface area contributed by atoms with Gasteiger partial charge in [0.05, 0.1) is 5.41 Å². The van der Waals surface area contributed by atoms with E-state index in [2.05, 4.69) is 5.32 Å². The number of thioether (sulfide) groups is 1. The van der Waals surface area contributed by atoms with Crippen molar-refractivity contribution in [2.75, 3.05) is 16.8 Å². The van der Waals surface area contributed by atoms with Gasteiger partial charge in [0.25, 0.3) is 0 Å². The minimum atomic E-state index is -0.334. The van der Waals surface area contributed by atoms with Gasteiger partial charge < -0.3 is 10.1 Å². The normalized spacial score (nSPS) is 18.8. The molecule has 1 aliphatic carbocycles. The minimum Gasteiger partial charge on any atom is -0.489 e. The molecule has 0 radical (unpaired) electrons. The van der Waals surface area contributed by atoms with E-state index in [-0.39, 0.29) is 11.3 Å². The molecule has 118 valence electrons. The Balaban J connectivity index is 1.42. The van der Waals surface area contributed by atoms with E-state index in [0.29, 0.717) is 6.10 Å². The number of carbonyl (C=O) groups is 1. The van der Waals surface area contributed by atoms with Crippen molar-refractivity contribution in [3.05, 3.63) is 60.2 Å². The van der Waals surface area contributed by atoms with E-state index in [1.54, 1.807) is 0 Å². The molecule has 2 aromatic carbocycles. The number of hydrogen-bond donors (Lipinski definition) is 1. The monoisotopic (exact) mass is 325 g/mol. The quantitative estimate of drug-likeness (QED) is 0.907. The van der Waals surface area contributed by atoms with Crippen molar-refractivity contribution in [1.29, 1.82) is 0 Å². The number of anilines is 1. The topological polar surface area (TPSA) is 38.3 Å². The van der Waals surface area contributed by atoms with E-state index >= 15 is 0 Å². The highest BCUT2D eigenvalue weighted by atomic mass is 32.2. The van der Waals surface area contributed by atoms with Crippen LogP contribution in [0.3, 0.4) is 0 Å². The molecule has 1 saturated heterocycles. The third-order valence-electron chi connectivity index (χ3n) is 4.53. The van der Waals surface area contributed by atoms with Crippen molar-refractivity contribution in [2.45, 2.75) is 24.4 Å². The lowest BCUT2D eigenvalue weighted by atomic mass is 9.95. The molecule has 2 aromatic rings. The number of ether oxygens (including phenoxy) is 1. The molecule has 1 aliphatic heterocycles. The number of hydrogen-bond acceptors (Lipinski definition) is 3. The highest BCUT2D eigenvalue weighted by Crippen LogP contribution is 2.48. The molecule has 4 rings (SSSR count). The van der Waals surface area contributed by atoms with Crippen LogP contribution in [0.15, 0.2) is 54.6 Å². The van der Waals surface area contributed by atoms with Crippen molar-refractivity contribution in [3.63, 3.8) is 0 Å². The van der Waals surface area contributed by atoms with Gasteiger partial charge in [-0.1, -0.05) is 30.3 Å². The Kier molecular flexibility index (Phi) is 3.77. The largest absolute Gasteiger partial charge is 0.489 e. The number of benzene rings is 2. The van der Waals surface area contributed by atoms with E-state index in [0.717, 1.165) is 41.3 Å². The standard InChI is InChI=1S/C19H19NO2S/c21-18(19(10-11-19)14-4-2-1-3-5-14)20-15-6-8-16(9-7-15)22-17-12-23-13-17/h1-9,17H,10-13H2,(H,20,21). The first-order valence-corrected chi connectivity index (χ1v) is 9.13. The molecule has 1 heterocycles. The summed E-state index contributed by atoms with van der Waals surface area (Å²) < 4.78 is 5.83. The molecular formula is C19H19NO2S. The van der Waals surface area contributed by atoms with E-state index in [4.69, 9.17) is 4.74 Å². The predicted molar refractivity (Wildman–Crippen MR) is 94.2 cm³/mol. The van der Waals surface area contributed by atoms with Gasteiger partial charge in [-0.3, -0.25) is 4.79 Å². The molecule has 2 fully saturated rings. The van der Waals surface area contributed by atoms with Gasteiger partial charge in [0, 0.05) is 17.2 Å². The molecule has 0 spiro atoms. The molecule has 2 aliphatic rings. The van der Waals surface area contributed by atoms with E-state index < -0.39 is 0 Å². The SMILES string of the molecule is O=C(Nc1ccc(OC2CSC2)cc1)C1(c2ccccc2)CC1. The Morgan fingerprint density at radius 1 is 1.04 bits per heavy atom. The fourth-order valence-corrected chi connectivity index (χ4v) is 3.44. The maximum absolute atomic E-state index is 12.7. The molecular weight excluding hydrogens is 306 g/mol. The first-order chi connectivity index (χ1) is 11.3. The van der Waals surface area contributed by atoms with Crippen molar-refractivity contribution in [3.8, 4) is 5.75 Å². The summed E-state index contributed by atoms with van der Waals surface area (Å²) in [5.74, 6) is 3.10. The molecule has 3 nitrogen and oxygen atoms in total. The summed E-state index contributed by atoms with van der Waals surface area (Å²) in [4.78, 5) is 12.7. The summed E-state index contributed by atoms with van der Waals surface area (Å²) in [6, 6.07) is 17.7. The van der Waals surface area contributed by atoms with Crippen molar-refractivity contribution < 1.29 is 9.53 Å². The van der Waals surface area contributed by atoms with Crippen molar-refractivity contribution >= 4 is 23.4 Å². The maximum Gasteiger partial charge on any atom is 0.235 e. The Labute approximate surface area is 140 Å². The molecule has 0 aromatic heterocycles. The molecule has 4 heteroatoms. The van der Waals surface area contributed by atoms with E-state index in [1.165, 1.54) is 0 Å². The molecule has 1 amide bonds. The lowest BCUT2D eigenvalue weighted by Gasteiger charge is -2.25. The zero-order valence-electron chi connectivity index (χ0n) is 12.8. The second-order valence-electron chi connectivity index (χ2n) is 6.20. The Morgan fingerprint density at radius 2 is 1.74 bits per heavy atom. The molecule has 0 atom stereocenters. The first-order valence-electron chi connectivity index (χ1n) is 7.98. The van der Waals surface area contributed by atoms with Crippen molar-refractivity contribution in [2.24, 2.45) is 0 Å². The Bertz CT molecular complexity index is 691. The Hall–Kier alpha value is -1.94. The second kappa shape index (κ2) is 5.93. The molecule has 0 bridgehead atoms. The van der Waals surface area contributed by atoms with Gasteiger partial charge in [-0.05, 0) is 42.7 Å². The molecule has 1 N–H and O–H groups in total. The van der Waals surface area contributed by atoms with Crippen LogP contribution in [0, 0.1) is 0 Å². The highest BCUT2D eigenvalue weighted by Gasteiger charge is 2.51. The van der Waals surface area contributed by atoms with Crippen LogP contribution in [0.1, 0.15) is 18.4 Å². The van der Waals surface area contributed by atoms with Gasteiger partial charge in [-0.2, -0.15) is 11.8 Å². The van der Waals surface area contributed by atoms with Crippen LogP contribution in [0.5, 0.6) is 5.75 Å². The summed E-state index contributed by atoms with van der Waals surface area (Å²) in [5.41, 5.74) is 1.60. The average molecular weight is 325 g/mol. The van der Waals surface area contributed by atoms with Gasteiger partial charge in [0.2, 0.25) is 5.91 Å². The van der Waals surface area contributed by atoms with Crippen LogP contribution in [0.4, 0.5) is 5.69 Å². The zero-order valence-corrected chi connectivity index (χ0v) is 13.6. The average Bonchev–Trinajstić information content (AvgIpc) is 3.35. The highest BCUT2D eigenvalue weighted by molar-refractivity contribution is 8.00. The third-order valence-corrected chi connectivity index (χ3v) is 5.75. The second-order valence-corrected chi connectivity index (χ2v) is 7.28. The summed E-state index contributed by atoms with van der Waals surface area (Å²) in [7, 11) is 0. The lowest BCUT2D eigenvalue weighted by Crippen LogP contribution is -2.31. The van der Waals surface area contributed by atoms with Gasteiger partial charge in [0.15, 0.2) is 0 Å². The third kappa shape index (κ3) is 2.95. The van der Waals surface area contributed by atoms with E-state index in [1.807, 2.05) is 66.4 Å². The van der Waals surface area contributed by atoms with Crippen LogP contribution < -0.4 is 10.1 Å². The van der Waals surface area contributed by atoms with Crippen LogP contribution in [0.25, 0.3) is 0 Å². The smallest absolute Gasteiger partial charge is 0.235 e. The fraction of sp³-hybridized carbons (Fsp3) is 0.316. The first kappa shape index (κ1) is 14.6. The number of carbonyl (C=O) groups excluding carboxylic acids is 1. The van der Waals surface area contributed by atoms with Crippen LogP contribution in [0.2, 0.25) is 0 Å². The lowest BCUT2D eigenvalue weighted by molar-refractivity contribution is -0.118. The van der Waals surface area contributed by atoms with Gasteiger partial charge in [0.1, 0.15) is 11.9 Å². The van der Waals surface area contributed by atoms with Crippen molar-refractivity contribution in [1.82, 2.24) is 0 Å². The number of nitrogens with one attached hydrogen (secondary N) is 1. The van der Waals surface area contributed by atoms with Crippen LogP contribution in [-0.2, 0) is 10.2 Å². The summed E-state index contributed by atoms with van der Waals surface area (Å²) in [5, 5.41) is 3.05. The number of amides is 1. The Morgan fingerprint density at radius 3 is 2.30 bits per heavy atom. The van der Waals surface area contributed by atoms with Gasteiger partial charge in [-0.25, -0.2) is 0 Å². The van der Waals surface area contributed by atoms with Gasteiger partial charge in [-0.15, -0.1) is 0 Å². The number of rotatable bonds is 5. The zero-order chi connectivity index (χ0) is 15.7. The predicted octanol–water partition coefficient (Wildman–Crippen LogP) is 3.85. The van der Waals surface area contributed by atoms with E-state index in [9.17, 15) is 4.79 Å². The fourth-order valence-electron chi connectivity index (χ4n) is 2.87.